The second kappa shape index (κ2) is 4.68. The Bertz CT molecular complexity index is 319. The molecule has 0 aromatic rings. The van der Waals surface area contributed by atoms with Gasteiger partial charge in [-0.05, 0) is 40.0 Å². The Morgan fingerprint density at radius 3 is 2.44 bits per heavy atom. The fourth-order valence-electron chi connectivity index (χ4n) is 2.72. The van der Waals surface area contributed by atoms with E-state index in [9.17, 15) is 9.18 Å². The van der Waals surface area contributed by atoms with Crippen molar-refractivity contribution in [3.05, 3.63) is 0 Å². The van der Waals surface area contributed by atoms with Crippen LogP contribution in [0.4, 0.5) is 9.18 Å². The second-order valence-corrected chi connectivity index (χ2v) is 6.43. The maximum absolute atomic E-state index is 13.3. The summed E-state index contributed by atoms with van der Waals surface area (Å²) in [4.78, 5) is 13.6. The minimum atomic E-state index is -0.738. The highest BCUT2D eigenvalue weighted by molar-refractivity contribution is 5.68. The van der Waals surface area contributed by atoms with Crippen LogP contribution in [0.25, 0.3) is 0 Å². The average molecular weight is 258 g/mol. The highest BCUT2D eigenvalue weighted by atomic mass is 19.1. The Kier molecular flexibility index (Phi) is 3.54. The summed E-state index contributed by atoms with van der Waals surface area (Å²) in [6, 6.07) is 0. The summed E-state index contributed by atoms with van der Waals surface area (Å²) >= 11 is 0. The lowest BCUT2D eigenvalue weighted by atomic mass is 9.86. The third kappa shape index (κ3) is 3.13. The first-order valence-electron chi connectivity index (χ1n) is 6.67. The molecular formula is C13H23FN2O2. The number of alkyl halides is 1. The van der Waals surface area contributed by atoms with Gasteiger partial charge < -0.3 is 15.0 Å². The summed E-state index contributed by atoms with van der Waals surface area (Å²) < 4.78 is 18.6. The van der Waals surface area contributed by atoms with Crippen LogP contribution >= 0.6 is 0 Å². The largest absolute Gasteiger partial charge is 0.444 e. The monoisotopic (exact) mass is 258 g/mol. The van der Waals surface area contributed by atoms with Crippen molar-refractivity contribution in [1.29, 1.82) is 0 Å². The van der Waals surface area contributed by atoms with Gasteiger partial charge in [-0.25, -0.2) is 9.18 Å². The Labute approximate surface area is 108 Å². The summed E-state index contributed by atoms with van der Waals surface area (Å²) in [6.07, 6.45) is 1.21. The molecular weight excluding hydrogens is 235 g/mol. The third-order valence-corrected chi connectivity index (χ3v) is 3.68. The van der Waals surface area contributed by atoms with Crippen molar-refractivity contribution in [2.75, 3.05) is 19.6 Å². The number of piperidine rings is 1. The zero-order valence-corrected chi connectivity index (χ0v) is 11.5. The van der Waals surface area contributed by atoms with Crippen LogP contribution in [0.15, 0.2) is 0 Å². The van der Waals surface area contributed by atoms with Gasteiger partial charge >= 0.3 is 6.09 Å². The Morgan fingerprint density at radius 2 is 2.00 bits per heavy atom. The molecule has 0 bridgehead atoms. The van der Waals surface area contributed by atoms with E-state index in [-0.39, 0.29) is 11.6 Å². The van der Waals surface area contributed by atoms with Crippen molar-refractivity contribution in [3.63, 3.8) is 0 Å². The lowest BCUT2D eigenvalue weighted by molar-refractivity contribution is 0.0155. The fourth-order valence-corrected chi connectivity index (χ4v) is 2.72. The summed E-state index contributed by atoms with van der Waals surface area (Å²) in [5.74, 6) is 0. The van der Waals surface area contributed by atoms with E-state index in [1.807, 2.05) is 20.8 Å². The maximum Gasteiger partial charge on any atom is 0.410 e. The Morgan fingerprint density at radius 1 is 1.39 bits per heavy atom. The van der Waals surface area contributed by atoms with Gasteiger partial charge in [-0.2, -0.15) is 0 Å². The molecule has 1 N–H and O–H groups in total. The number of nitrogens with one attached hydrogen (secondary N) is 1. The Balaban J connectivity index is 1.85. The SMILES string of the molecule is CC(C)(C)OC(=O)N1CCC2(CC1)CC(F)CN2. The Hall–Kier alpha value is -0.840. The van der Waals surface area contributed by atoms with Gasteiger partial charge in [-0.1, -0.05) is 0 Å². The van der Waals surface area contributed by atoms with E-state index < -0.39 is 11.8 Å². The van der Waals surface area contributed by atoms with Crippen LogP contribution in [0.5, 0.6) is 0 Å². The summed E-state index contributed by atoms with van der Waals surface area (Å²) in [5, 5.41) is 3.28. The lowest BCUT2D eigenvalue weighted by Gasteiger charge is -2.39. The van der Waals surface area contributed by atoms with Gasteiger partial charge in [0.25, 0.3) is 0 Å². The van der Waals surface area contributed by atoms with Crippen molar-refractivity contribution in [3.8, 4) is 0 Å². The van der Waals surface area contributed by atoms with Crippen LogP contribution in [0, 0.1) is 0 Å². The van der Waals surface area contributed by atoms with E-state index in [4.69, 9.17) is 4.74 Å². The molecule has 2 saturated heterocycles. The molecule has 0 aliphatic carbocycles. The molecule has 2 aliphatic rings. The van der Waals surface area contributed by atoms with E-state index in [0.29, 0.717) is 26.1 Å². The topological polar surface area (TPSA) is 41.6 Å². The van der Waals surface area contributed by atoms with Gasteiger partial charge in [0.2, 0.25) is 0 Å². The third-order valence-electron chi connectivity index (χ3n) is 3.68. The molecule has 4 nitrogen and oxygen atoms in total. The molecule has 2 rings (SSSR count). The number of hydrogen-bond donors (Lipinski definition) is 1. The number of amides is 1. The molecule has 1 spiro atoms. The number of hydrogen-bond acceptors (Lipinski definition) is 3. The number of ether oxygens (including phenoxy) is 1. The summed E-state index contributed by atoms with van der Waals surface area (Å²) in [7, 11) is 0. The van der Waals surface area contributed by atoms with Gasteiger partial charge in [0.05, 0.1) is 0 Å². The van der Waals surface area contributed by atoms with Crippen LogP contribution in [0.1, 0.15) is 40.0 Å². The molecule has 1 amide bonds. The number of halogens is 1. The standard InChI is InChI=1S/C13H23FN2O2/c1-12(2,3)18-11(17)16-6-4-13(5-7-16)8-10(14)9-15-13/h10,15H,4-9H2,1-3H3. The van der Waals surface area contributed by atoms with Crippen LogP contribution in [0.2, 0.25) is 0 Å². The van der Waals surface area contributed by atoms with Gasteiger partial charge in [-0.15, -0.1) is 0 Å². The van der Waals surface area contributed by atoms with Crippen molar-refractivity contribution < 1.29 is 13.9 Å². The first kappa shape index (κ1) is 13.6. The zero-order chi connectivity index (χ0) is 13.4. The predicted molar refractivity (Wildman–Crippen MR) is 67.3 cm³/mol. The first-order valence-corrected chi connectivity index (χ1v) is 6.67. The van der Waals surface area contributed by atoms with Crippen LogP contribution in [0.3, 0.4) is 0 Å². The predicted octanol–water partition coefficient (Wildman–Crippen LogP) is 2.09. The molecule has 1 unspecified atom stereocenters. The number of likely N-dealkylation sites (tertiary alicyclic amines) is 1. The summed E-state index contributed by atoms with van der Waals surface area (Å²) in [5.41, 5.74) is -0.542. The second-order valence-electron chi connectivity index (χ2n) is 6.43. The molecule has 0 aromatic heterocycles. The van der Waals surface area contributed by atoms with E-state index in [2.05, 4.69) is 5.32 Å². The normalized spacial score (nSPS) is 27.6. The number of nitrogens with zero attached hydrogens (tertiary/aromatic N) is 1. The molecule has 2 aliphatic heterocycles. The van der Waals surface area contributed by atoms with Gasteiger partial charge in [0.15, 0.2) is 0 Å². The maximum atomic E-state index is 13.3. The molecule has 2 fully saturated rings. The minimum absolute atomic E-state index is 0.0854. The lowest BCUT2D eigenvalue weighted by Crippen LogP contribution is -2.52. The van der Waals surface area contributed by atoms with Crippen molar-refractivity contribution in [1.82, 2.24) is 10.2 Å². The highest BCUT2D eigenvalue weighted by Gasteiger charge is 2.42. The average Bonchev–Trinajstić information content (AvgIpc) is 2.58. The van der Waals surface area contributed by atoms with Gasteiger partial charge in [0.1, 0.15) is 11.8 Å². The molecule has 0 aromatic carbocycles. The molecule has 18 heavy (non-hydrogen) atoms. The van der Waals surface area contributed by atoms with Crippen LogP contribution in [-0.4, -0.2) is 47.9 Å². The molecule has 0 saturated carbocycles. The van der Waals surface area contributed by atoms with Crippen LogP contribution in [-0.2, 0) is 4.74 Å². The molecule has 2 heterocycles. The molecule has 104 valence electrons. The van der Waals surface area contributed by atoms with Crippen molar-refractivity contribution in [2.24, 2.45) is 0 Å². The first-order chi connectivity index (χ1) is 8.30. The molecule has 5 heteroatoms. The van der Waals surface area contributed by atoms with Crippen molar-refractivity contribution in [2.45, 2.75) is 57.3 Å². The number of rotatable bonds is 0. The number of carbonyl (C=O) groups is 1. The van der Waals surface area contributed by atoms with Crippen molar-refractivity contribution >= 4 is 6.09 Å². The summed E-state index contributed by atoms with van der Waals surface area (Å²) in [6.45, 7) is 7.34. The van der Waals surface area contributed by atoms with E-state index in [1.165, 1.54) is 0 Å². The highest BCUT2D eigenvalue weighted by Crippen LogP contribution is 2.32. The fraction of sp³-hybridized carbons (Fsp3) is 0.923. The minimum Gasteiger partial charge on any atom is -0.444 e. The zero-order valence-electron chi connectivity index (χ0n) is 11.5. The smallest absolute Gasteiger partial charge is 0.410 e. The molecule has 1 atom stereocenters. The van der Waals surface area contributed by atoms with E-state index in [1.54, 1.807) is 4.90 Å². The van der Waals surface area contributed by atoms with Crippen LogP contribution < -0.4 is 5.32 Å². The van der Waals surface area contributed by atoms with Gasteiger partial charge in [0, 0.05) is 25.2 Å². The van der Waals surface area contributed by atoms with E-state index >= 15 is 0 Å². The number of carbonyl (C=O) groups excluding carboxylic acids is 1. The molecule has 0 radical (unpaired) electrons. The quantitative estimate of drug-likeness (QED) is 0.723. The van der Waals surface area contributed by atoms with E-state index in [0.717, 1.165) is 12.8 Å². The van der Waals surface area contributed by atoms with Gasteiger partial charge in [-0.3, -0.25) is 0 Å².